The molecule has 0 radical (unpaired) electrons. The van der Waals surface area contributed by atoms with E-state index in [1.165, 1.54) is 0 Å². The van der Waals surface area contributed by atoms with Crippen LogP contribution >= 0.6 is 0 Å². The summed E-state index contributed by atoms with van der Waals surface area (Å²) in [7, 11) is 0. The molecule has 2 N–H and O–H groups in total. The lowest BCUT2D eigenvalue weighted by Gasteiger charge is -2.18. The number of hydrogen-bond acceptors (Lipinski definition) is 4. The average Bonchev–Trinajstić information content (AvgIpc) is 3.30. The van der Waals surface area contributed by atoms with Gasteiger partial charge < -0.3 is 19.9 Å². The molecule has 2 aromatic rings. The molecule has 0 aliphatic carbocycles. The van der Waals surface area contributed by atoms with Gasteiger partial charge in [0, 0.05) is 18.3 Å². The van der Waals surface area contributed by atoms with Crippen molar-refractivity contribution in [2.75, 3.05) is 18.5 Å². The highest BCUT2D eigenvalue weighted by Crippen LogP contribution is 2.28. The summed E-state index contributed by atoms with van der Waals surface area (Å²) in [6.07, 6.45) is 2.18. The minimum absolute atomic E-state index is 0.0598. The number of benzene rings is 1. The number of nitrogens with zero attached hydrogens (tertiary/aromatic N) is 2. The molecule has 2 heterocycles. The van der Waals surface area contributed by atoms with Gasteiger partial charge in [-0.25, -0.2) is 0 Å². The van der Waals surface area contributed by atoms with E-state index in [2.05, 4.69) is 16.7 Å². The molecule has 1 aromatic heterocycles. The molecule has 6 nitrogen and oxygen atoms in total. The van der Waals surface area contributed by atoms with E-state index in [4.69, 9.17) is 4.74 Å². The molecule has 1 aliphatic rings. The lowest BCUT2D eigenvalue weighted by atomic mass is 10.1. The third-order valence-corrected chi connectivity index (χ3v) is 5.48. The van der Waals surface area contributed by atoms with Gasteiger partial charge in [-0.15, -0.1) is 0 Å². The van der Waals surface area contributed by atoms with Crippen LogP contribution in [0.1, 0.15) is 48.2 Å². The normalized spacial score (nSPS) is 17.3. The van der Waals surface area contributed by atoms with E-state index in [1.807, 2.05) is 55.7 Å². The number of anilines is 1. The molecule has 148 valence electrons. The van der Waals surface area contributed by atoms with Crippen LogP contribution in [-0.4, -0.2) is 29.7 Å². The van der Waals surface area contributed by atoms with Crippen LogP contribution in [-0.2, 0) is 16.1 Å². The summed E-state index contributed by atoms with van der Waals surface area (Å²) in [5.74, 6) is 0.414. The minimum Gasteiger partial charge on any atom is -0.376 e. The summed E-state index contributed by atoms with van der Waals surface area (Å²) in [5.41, 5.74) is 3.55. The van der Waals surface area contributed by atoms with Gasteiger partial charge in [0.1, 0.15) is 11.9 Å². The van der Waals surface area contributed by atoms with Crippen LogP contribution in [0.3, 0.4) is 0 Å². The van der Waals surface area contributed by atoms with E-state index in [-0.39, 0.29) is 24.6 Å². The summed E-state index contributed by atoms with van der Waals surface area (Å²) in [6, 6.07) is 12.3. The topological polar surface area (TPSA) is 79.1 Å². The maximum atomic E-state index is 12.6. The Kier molecular flexibility index (Phi) is 6.50. The SMILES string of the molecule is Cc1c(C#N)c(NC(=O)CN[C@@H](C)c2ccccc2)n(C[C@H]2CCCO2)c1C. The largest absolute Gasteiger partial charge is 0.376 e. The van der Waals surface area contributed by atoms with Crippen LogP contribution in [0, 0.1) is 25.2 Å². The first-order valence-corrected chi connectivity index (χ1v) is 9.80. The van der Waals surface area contributed by atoms with E-state index in [0.29, 0.717) is 17.9 Å². The summed E-state index contributed by atoms with van der Waals surface area (Å²) >= 11 is 0. The van der Waals surface area contributed by atoms with Gasteiger partial charge in [0.2, 0.25) is 5.91 Å². The molecule has 3 rings (SSSR count). The van der Waals surface area contributed by atoms with Crippen molar-refractivity contribution < 1.29 is 9.53 Å². The maximum absolute atomic E-state index is 12.6. The highest BCUT2D eigenvalue weighted by molar-refractivity contribution is 5.93. The van der Waals surface area contributed by atoms with Crippen molar-refractivity contribution in [2.24, 2.45) is 0 Å². The summed E-state index contributed by atoms with van der Waals surface area (Å²) in [4.78, 5) is 12.6. The van der Waals surface area contributed by atoms with Gasteiger partial charge in [-0.3, -0.25) is 4.79 Å². The van der Waals surface area contributed by atoms with Gasteiger partial charge in [0.05, 0.1) is 24.8 Å². The quantitative estimate of drug-likeness (QED) is 0.771. The van der Waals surface area contributed by atoms with E-state index < -0.39 is 0 Å². The molecule has 28 heavy (non-hydrogen) atoms. The van der Waals surface area contributed by atoms with Crippen LogP contribution < -0.4 is 10.6 Å². The number of rotatable bonds is 7. The molecule has 0 unspecified atom stereocenters. The second-order valence-electron chi connectivity index (χ2n) is 7.35. The van der Waals surface area contributed by atoms with Crippen molar-refractivity contribution in [3.8, 4) is 6.07 Å². The van der Waals surface area contributed by atoms with Crippen molar-refractivity contribution in [3.05, 3.63) is 52.7 Å². The van der Waals surface area contributed by atoms with Crippen molar-refractivity contribution in [1.82, 2.24) is 9.88 Å². The molecular formula is C22H28N4O2. The number of amides is 1. The molecule has 1 amide bonds. The van der Waals surface area contributed by atoms with Gasteiger partial charge in [0.15, 0.2) is 0 Å². The Labute approximate surface area is 166 Å². The zero-order valence-corrected chi connectivity index (χ0v) is 16.8. The molecule has 1 fully saturated rings. The number of hydrogen-bond donors (Lipinski definition) is 2. The molecule has 1 aromatic carbocycles. The molecule has 0 saturated carbocycles. The van der Waals surface area contributed by atoms with Gasteiger partial charge in [-0.1, -0.05) is 30.3 Å². The Morgan fingerprint density at radius 2 is 2.11 bits per heavy atom. The van der Waals surface area contributed by atoms with Crippen molar-refractivity contribution >= 4 is 11.7 Å². The highest BCUT2D eigenvalue weighted by atomic mass is 16.5. The van der Waals surface area contributed by atoms with Crippen LogP contribution in [0.5, 0.6) is 0 Å². The summed E-state index contributed by atoms with van der Waals surface area (Å²) in [5, 5.41) is 15.8. The second-order valence-corrected chi connectivity index (χ2v) is 7.35. The predicted molar refractivity (Wildman–Crippen MR) is 109 cm³/mol. The molecule has 2 atom stereocenters. The lowest BCUT2D eigenvalue weighted by Crippen LogP contribution is -2.31. The fourth-order valence-electron chi connectivity index (χ4n) is 3.63. The van der Waals surface area contributed by atoms with E-state index >= 15 is 0 Å². The first-order valence-electron chi connectivity index (χ1n) is 9.80. The standard InChI is InChI=1S/C22H28N4O2/c1-15-17(3)26(14-19-10-7-11-28-19)22(20(15)12-23)25-21(27)13-24-16(2)18-8-5-4-6-9-18/h4-6,8-9,16,19,24H,7,10-11,13-14H2,1-3H3,(H,25,27)/t16-,19+/m0/s1. The van der Waals surface area contributed by atoms with Gasteiger partial charge in [-0.05, 0) is 44.7 Å². The van der Waals surface area contributed by atoms with Crippen molar-refractivity contribution in [3.63, 3.8) is 0 Å². The maximum Gasteiger partial charge on any atom is 0.239 e. The zero-order chi connectivity index (χ0) is 20.1. The van der Waals surface area contributed by atoms with Gasteiger partial charge in [-0.2, -0.15) is 5.26 Å². The van der Waals surface area contributed by atoms with E-state index in [1.54, 1.807) is 0 Å². The monoisotopic (exact) mass is 380 g/mol. The van der Waals surface area contributed by atoms with Crippen LogP contribution in [0.4, 0.5) is 5.82 Å². The van der Waals surface area contributed by atoms with E-state index in [9.17, 15) is 10.1 Å². The zero-order valence-electron chi connectivity index (χ0n) is 16.8. The number of carbonyl (C=O) groups excluding carboxylic acids is 1. The molecule has 1 saturated heterocycles. The van der Waals surface area contributed by atoms with Crippen molar-refractivity contribution in [2.45, 2.75) is 52.3 Å². The Morgan fingerprint density at radius 1 is 1.36 bits per heavy atom. The number of ether oxygens (including phenoxy) is 1. The number of aromatic nitrogens is 1. The Morgan fingerprint density at radius 3 is 2.75 bits per heavy atom. The van der Waals surface area contributed by atoms with Crippen molar-refractivity contribution in [1.29, 1.82) is 5.26 Å². The highest BCUT2D eigenvalue weighted by Gasteiger charge is 2.24. The lowest BCUT2D eigenvalue weighted by molar-refractivity contribution is -0.115. The Bertz CT molecular complexity index is 861. The molecule has 0 spiro atoms. The average molecular weight is 380 g/mol. The summed E-state index contributed by atoms with van der Waals surface area (Å²) < 4.78 is 7.77. The number of carbonyl (C=O) groups is 1. The van der Waals surface area contributed by atoms with Crippen LogP contribution in [0.15, 0.2) is 30.3 Å². The molecular weight excluding hydrogens is 352 g/mol. The third-order valence-electron chi connectivity index (χ3n) is 5.48. The van der Waals surface area contributed by atoms with Crippen LogP contribution in [0.25, 0.3) is 0 Å². The first kappa shape index (κ1) is 20.1. The van der Waals surface area contributed by atoms with Crippen LogP contribution in [0.2, 0.25) is 0 Å². The van der Waals surface area contributed by atoms with Gasteiger partial charge >= 0.3 is 0 Å². The van der Waals surface area contributed by atoms with Gasteiger partial charge in [0.25, 0.3) is 0 Å². The fourth-order valence-corrected chi connectivity index (χ4v) is 3.63. The second kappa shape index (κ2) is 9.05. The fraction of sp³-hybridized carbons (Fsp3) is 0.455. The minimum atomic E-state index is -0.162. The Hall–Kier alpha value is -2.62. The summed E-state index contributed by atoms with van der Waals surface area (Å²) in [6.45, 7) is 7.53. The molecule has 1 aliphatic heterocycles. The third kappa shape index (κ3) is 4.44. The number of nitrogens with one attached hydrogen (secondary N) is 2. The predicted octanol–water partition coefficient (Wildman–Crippen LogP) is 3.44. The molecule has 6 heteroatoms. The first-order chi connectivity index (χ1) is 13.5. The van der Waals surface area contributed by atoms with E-state index in [0.717, 1.165) is 36.3 Å². The number of nitriles is 1. The smallest absolute Gasteiger partial charge is 0.239 e. The molecule has 0 bridgehead atoms. The Balaban J connectivity index is 1.70.